The Morgan fingerprint density at radius 3 is 2.83 bits per heavy atom. The Labute approximate surface area is 131 Å². The summed E-state index contributed by atoms with van der Waals surface area (Å²) in [6, 6.07) is -0.221. The van der Waals surface area contributed by atoms with Crippen LogP contribution in [0.5, 0.6) is 0 Å². The van der Waals surface area contributed by atoms with Crippen molar-refractivity contribution >= 4 is 5.91 Å². The van der Waals surface area contributed by atoms with Crippen molar-refractivity contribution in [3.63, 3.8) is 0 Å². The van der Waals surface area contributed by atoms with E-state index in [4.69, 9.17) is 4.52 Å². The lowest BCUT2D eigenvalue weighted by atomic mass is 10.2. The molecule has 1 aromatic heterocycles. The number of nitrogens with zero attached hydrogens (tertiary/aromatic N) is 3. The number of halogens is 3. The van der Waals surface area contributed by atoms with Crippen LogP contribution in [0.4, 0.5) is 13.2 Å². The smallest absolute Gasteiger partial charge is 0.339 e. The number of likely N-dealkylation sites (tertiary alicyclic amines) is 1. The molecular weight excluding hydrogens is 313 g/mol. The van der Waals surface area contributed by atoms with E-state index < -0.39 is 12.7 Å². The summed E-state index contributed by atoms with van der Waals surface area (Å²) >= 11 is 0. The average molecular weight is 332 g/mol. The third-order valence-corrected chi connectivity index (χ3v) is 4.10. The number of carbonyl (C=O) groups is 1. The van der Waals surface area contributed by atoms with Gasteiger partial charge in [-0.05, 0) is 25.7 Å². The fourth-order valence-electron chi connectivity index (χ4n) is 2.78. The van der Waals surface area contributed by atoms with Crippen molar-refractivity contribution in [1.29, 1.82) is 0 Å². The summed E-state index contributed by atoms with van der Waals surface area (Å²) in [5.41, 5.74) is 0. The fraction of sp³-hybridized carbons (Fsp3) is 0.786. The monoisotopic (exact) mass is 332 g/mol. The summed E-state index contributed by atoms with van der Waals surface area (Å²) < 4.78 is 41.4. The minimum atomic E-state index is -4.26. The molecule has 0 spiro atoms. The Bertz CT molecular complexity index is 556. The normalized spacial score (nSPS) is 21.9. The zero-order valence-corrected chi connectivity index (χ0v) is 12.6. The van der Waals surface area contributed by atoms with Gasteiger partial charge in [0.2, 0.25) is 11.8 Å². The predicted molar refractivity (Wildman–Crippen MR) is 73.5 cm³/mol. The van der Waals surface area contributed by atoms with E-state index in [1.807, 2.05) is 0 Å². The van der Waals surface area contributed by atoms with Crippen molar-refractivity contribution in [3.05, 3.63) is 11.7 Å². The minimum absolute atomic E-state index is 0.00112. The van der Waals surface area contributed by atoms with Crippen LogP contribution in [0.1, 0.15) is 55.8 Å². The Morgan fingerprint density at radius 2 is 2.13 bits per heavy atom. The largest absolute Gasteiger partial charge is 0.401 e. The first-order valence-corrected chi connectivity index (χ1v) is 7.84. The highest BCUT2D eigenvalue weighted by Crippen LogP contribution is 2.40. The van der Waals surface area contributed by atoms with Crippen molar-refractivity contribution in [3.8, 4) is 0 Å². The Balaban J connectivity index is 1.52. The molecule has 1 saturated carbocycles. The molecule has 2 aliphatic rings. The Morgan fingerprint density at radius 1 is 1.35 bits per heavy atom. The molecule has 1 amide bonds. The lowest BCUT2D eigenvalue weighted by Crippen LogP contribution is -2.35. The van der Waals surface area contributed by atoms with Crippen molar-refractivity contribution < 1.29 is 22.5 Å². The zero-order chi connectivity index (χ0) is 16.4. The van der Waals surface area contributed by atoms with E-state index in [0.29, 0.717) is 24.2 Å². The highest BCUT2D eigenvalue weighted by Gasteiger charge is 2.36. The van der Waals surface area contributed by atoms with Gasteiger partial charge in [-0.15, -0.1) is 0 Å². The van der Waals surface area contributed by atoms with Crippen LogP contribution in [-0.2, 0) is 4.79 Å². The van der Waals surface area contributed by atoms with Gasteiger partial charge in [0.1, 0.15) is 0 Å². The lowest BCUT2D eigenvalue weighted by Gasteiger charge is -2.22. The van der Waals surface area contributed by atoms with Gasteiger partial charge in [-0.1, -0.05) is 5.16 Å². The molecule has 1 aliphatic carbocycles. The van der Waals surface area contributed by atoms with Gasteiger partial charge in [0.05, 0.1) is 12.6 Å². The number of rotatable bonds is 6. The second-order valence-electron chi connectivity index (χ2n) is 6.05. The van der Waals surface area contributed by atoms with Crippen LogP contribution < -0.4 is 5.32 Å². The second kappa shape index (κ2) is 6.46. The number of aromatic nitrogens is 2. The van der Waals surface area contributed by atoms with Gasteiger partial charge in [-0.3, -0.25) is 4.79 Å². The maximum Gasteiger partial charge on any atom is 0.401 e. The number of nitrogens with one attached hydrogen (secondary N) is 1. The van der Waals surface area contributed by atoms with Gasteiger partial charge in [-0.2, -0.15) is 18.2 Å². The summed E-state index contributed by atoms with van der Waals surface area (Å²) in [6.07, 6.45) is -0.534. The summed E-state index contributed by atoms with van der Waals surface area (Å²) in [6.45, 7) is -0.503. The van der Waals surface area contributed by atoms with Crippen LogP contribution in [0.25, 0.3) is 0 Å². The average Bonchev–Trinajstić information content (AvgIpc) is 3.02. The number of hydrogen-bond donors (Lipinski definition) is 1. The molecule has 1 aromatic rings. The number of hydrogen-bond acceptors (Lipinski definition) is 5. The van der Waals surface area contributed by atoms with E-state index in [-0.39, 0.29) is 24.9 Å². The molecule has 9 heteroatoms. The van der Waals surface area contributed by atoms with E-state index in [1.54, 1.807) is 4.90 Å². The molecule has 1 saturated heterocycles. The SMILES string of the molecule is O=C(CCNCC(F)(F)F)N1CCCC1c1noc(C2CC2)n1. The molecule has 23 heavy (non-hydrogen) atoms. The fourth-order valence-corrected chi connectivity index (χ4v) is 2.78. The van der Waals surface area contributed by atoms with Crippen molar-refractivity contribution in [2.24, 2.45) is 0 Å². The summed E-state index contributed by atoms with van der Waals surface area (Å²) in [4.78, 5) is 18.3. The van der Waals surface area contributed by atoms with Crippen LogP contribution in [0.15, 0.2) is 4.52 Å². The molecule has 0 bridgehead atoms. The standard InChI is InChI=1S/C14H19F3N4O2/c15-14(16,17)8-18-6-5-11(22)21-7-1-2-10(21)12-19-13(23-20-12)9-3-4-9/h9-10,18H,1-8H2. The quantitative estimate of drug-likeness (QED) is 0.808. The molecule has 3 rings (SSSR count). The Kier molecular flexibility index (Phi) is 4.56. The topological polar surface area (TPSA) is 71.3 Å². The van der Waals surface area contributed by atoms with Gasteiger partial charge in [0.15, 0.2) is 5.82 Å². The molecule has 0 radical (unpaired) electrons. The molecular formula is C14H19F3N4O2. The van der Waals surface area contributed by atoms with Crippen molar-refractivity contribution in [1.82, 2.24) is 20.4 Å². The van der Waals surface area contributed by atoms with Crippen LogP contribution in [0.2, 0.25) is 0 Å². The maximum atomic E-state index is 12.2. The highest BCUT2D eigenvalue weighted by molar-refractivity contribution is 5.77. The number of alkyl halides is 3. The van der Waals surface area contributed by atoms with E-state index in [9.17, 15) is 18.0 Å². The van der Waals surface area contributed by atoms with Crippen LogP contribution in [0.3, 0.4) is 0 Å². The van der Waals surface area contributed by atoms with Crippen LogP contribution in [-0.4, -0.2) is 46.8 Å². The maximum absolute atomic E-state index is 12.2. The number of amides is 1. The van der Waals surface area contributed by atoms with E-state index in [2.05, 4.69) is 15.5 Å². The van der Waals surface area contributed by atoms with Crippen molar-refractivity contribution in [2.45, 2.75) is 50.2 Å². The third kappa shape index (κ3) is 4.21. The third-order valence-electron chi connectivity index (χ3n) is 4.10. The zero-order valence-electron chi connectivity index (χ0n) is 12.6. The molecule has 1 N–H and O–H groups in total. The number of carbonyl (C=O) groups excluding carboxylic acids is 1. The Hall–Kier alpha value is -1.64. The van der Waals surface area contributed by atoms with E-state index in [1.165, 1.54) is 0 Å². The summed E-state index contributed by atoms with van der Waals surface area (Å²) in [5.74, 6) is 1.32. The van der Waals surface area contributed by atoms with Gasteiger partial charge in [0.25, 0.3) is 0 Å². The molecule has 128 valence electrons. The van der Waals surface area contributed by atoms with Crippen LogP contribution in [0, 0.1) is 0 Å². The van der Waals surface area contributed by atoms with Gasteiger partial charge in [-0.25, -0.2) is 0 Å². The predicted octanol–water partition coefficient (Wildman–Crippen LogP) is 2.15. The molecule has 2 fully saturated rings. The summed E-state index contributed by atoms with van der Waals surface area (Å²) in [7, 11) is 0. The molecule has 0 aromatic carbocycles. The van der Waals surface area contributed by atoms with Gasteiger partial charge in [0, 0.05) is 25.4 Å². The summed E-state index contributed by atoms with van der Waals surface area (Å²) in [5, 5.41) is 6.22. The highest BCUT2D eigenvalue weighted by atomic mass is 19.4. The van der Waals surface area contributed by atoms with Crippen molar-refractivity contribution in [2.75, 3.05) is 19.6 Å². The molecule has 1 atom stereocenters. The lowest BCUT2D eigenvalue weighted by molar-refractivity contribution is -0.134. The molecule has 1 unspecified atom stereocenters. The molecule has 1 aliphatic heterocycles. The van der Waals surface area contributed by atoms with Gasteiger partial charge < -0.3 is 14.7 Å². The van der Waals surface area contributed by atoms with Crippen LogP contribution >= 0.6 is 0 Å². The van der Waals surface area contributed by atoms with E-state index >= 15 is 0 Å². The molecule has 6 nitrogen and oxygen atoms in total. The molecule has 2 heterocycles. The first kappa shape index (κ1) is 16.2. The first-order valence-electron chi connectivity index (χ1n) is 7.84. The first-order chi connectivity index (χ1) is 10.9. The van der Waals surface area contributed by atoms with Gasteiger partial charge >= 0.3 is 6.18 Å². The second-order valence-corrected chi connectivity index (χ2v) is 6.05. The van der Waals surface area contributed by atoms with E-state index in [0.717, 1.165) is 25.7 Å². The minimum Gasteiger partial charge on any atom is -0.339 e.